The molecule has 0 unspecified atom stereocenters. The quantitative estimate of drug-likeness (QED) is 0.864. The Morgan fingerprint density at radius 3 is 2.73 bits per heavy atom. The number of rotatable bonds is 3. The van der Waals surface area contributed by atoms with Crippen LogP contribution in [0.15, 0.2) is 30.9 Å². The summed E-state index contributed by atoms with van der Waals surface area (Å²) < 4.78 is 1.71. The normalized spacial score (nSPS) is 10.3. The summed E-state index contributed by atoms with van der Waals surface area (Å²) in [5, 5.41) is 8.19. The summed E-state index contributed by atoms with van der Waals surface area (Å²) in [7, 11) is 0. The van der Waals surface area contributed by atoms with Crippen LogP contribution in [-0.2, 0) is 6.54 Å². The minimum atomic E-state index is 0.718. The van der Waals surface area contributed by atoms with E-state index in [1.165, 1.54) is 5.56 Å². The van der Waals surface area contributed by atoms with Crippen LogP contribution >= 0.6 is 11.6 Å². The number of benzene rings is 1. The zero-order chi connectivity index (χ0) is 10.7. The molecule has 1 aromatic heterocycles. The molecule has 1 aromatic carbocycles. The topological polar surface area (TPSA) is 42.7 Å². The van der Waals surface area contributed by atoms with Gasteiger partial charge in [0.05, 0.1) is 6.54 Å². The molecule has 0 saturated carbocycles. The van der Waals surface area contributed by atoms with Gasteiger partial charge in [-0.25, -0.2) is 4.68 Å². The Balaban J connectivity index is 2.02. The van der Waals surface area contributed by atoms with Crippen molar-refractivity contribution in [3.05, 3.63) is 47.0 Å². The molecular formula is C10H11ClN4. The largest absolute Gasteiger partial charge is 0.319 e. The number of aryl methyl sites for hydroxylation is 1. The van der Waals surface area contributed by atoms with Crippen LogP contribution in [0.25, 0.3) is 0 Å². The molecule has 1 heterocycles. The van der Waals surface area contributed by atoms with Crippen molar-refractivity contribution in [1.82, 2.24) is 14.9 Å². The molecular weight excluding hydrogens is 212 g/mol. The summed E-state index contributed by atoms with van der Waals surface area (Å²) in [5.74, 6) is 0. The second-order valence-corrected chi connectivity index (χ2v) is 3.69. The van der Waals surface area contributed by atoms with E-state index in [0.29, 0.717) is 0 Å². The Bertz CT molecular complexity index is 439. The van der Waals surface area contributed by atoms with Gasteiger partial charge in [-0.1, -0.05) is 23.7 Å². The molecule has 78 valence electrons. The highest BCUT2D eigenvalue weighted by atomic mass is 35.5. The van der Waals surface area contributed by atoms with Crippen molar-refractivity contribution in [3.63, 3.8) is 0 Å². The standard InChI is InChI=1S/C10H11ClN4/c1-8-4-9(2-3-10(8)11)5-14-15-6-12-13-7-15/h2-4,6-7,14H,5H2,1H3. The van der Waals surface area contributed by atoms with E-state index in [0.717, 1.165) is 17.1 Å². The van der Waals surface area contributed by atoms with E-state index in [4.69, 9.17) is 11.6 Å². The highest BCUT2D eigenvalue weighted by Crippen LogP contribution is 2.16. The Hall–Kier alpha value is -1.55. The van der Waals surface area contributed by atoms with Crippen molar-refractivity contribution in [3.8, 4) is 0 Å². The Morgan fingerprint density at radius 1 is 1.33 bits per heavy atom. The van der Waals surface area contributed by atoms with Crippen LogP contribution in [0, 0.1) is 6.92 Å². The van der Waals surface area contributed by atoms with Crippen LogP contribution in [0.2, 0.25) is 5.02 Å². The Labute approximate surface area is 92.9 Å². The molecule has 2 aromatic rings. The van der Waals surface area contributed by atoms with E-state index >= 15 is 0 Å². The fourth-order valence-electron chi connectivity index (χ4n) is 1.28. The number of hydrogen-bond donors (Lipinski definition) is 1. The van der Waals surface area contributed by atoms with Crippen molar-refractivity contribution in [2.45, 2.75) is 13.5 Å². The minimum Gasteiger partial charge on any atom is -0.319 e. The second-order valence-electron chi connectivity index (χ2n) is 3.29. The Morgan fingerprint density at radius 2 is 2.07 bits per heavy atom. The highest BCUT2D eigenvalue weighted by Gasteiger charge is 1.97. The molecule has 0 aliphatic heterocycles. The van der Waals surface area contributed by atoms with Crippen LogP contribution in [0.3, 0.4) is 0 Å². The second kappa shape index (κ2) is 4.31. The van der Waals surface area contributed by atoms with Gasteiger partial charge in [-0.2, -0.15) is 0 Å². The fraction of sp³-hybridized carbons (Fsp3) is 0.200. The SMILES string of the molecule is Cc1cc(CNn2cnnc2)ccc1Cl. The van der Waals surface area contributed by atoms with Gasteiger partial charge in [0.15, 0.2) is 0 Å². The molecule has 0 bridgehead atoms. The molecule has 15 heavy (non-hydrogen) atoms. The molecule has 0 spiro atoms. The number of halogens is 1. The number of nitrogens with one attached hydrogen (secondary N) is 1. The van der Waals surface area contributed by atoms with Gasteiger partial charge in [-0.05, 0) is 24.1 Å². The van der Waals surface area contributed by atoms with Gasteiger partial charge in [0.1, 0.15) is 12.7 Å². The van der Waals surface area contributed by atoms with Crippen LogP contribution < -0.4 is 5.43 Å². The number of hydrogen-bond acceptors (Lipinski definition) is 3. The van der Waals surface area contributed by atoms with Gasteiger partial charge < -0.3 is 5.43 Å². The highest BCUT2D eigenvalue weighted by molar-refractivity contribution is 6.31. The molecule has 2 rings (SSSR count). The van der Waals surface area contributed by atoms with Crippen molar-refractivity contribution >= 4 is 11.6 Å². The van der Waals surface area contributed by atoms with Crippen molar-refractivity contribution in [1.29, 1.82) is 0 Å². The van der Waals surface area contributed by atoms with Gasteiger partial charge in [-0.3, -0.25) is 0 Å². The van der Waals surface area contributed by atoms with Gasteiger partial charge in [-0.15, -0.1) is 10.2 Å². The smallest absolute Gasteiger partial charge is 0.138 e. The molecule has 0 aliphatic carbocycles. The summed E-state index contributed by atoms with van der Waals surface area (Å²) >= 11 is 5.93. The average Bonchev–Trinajstić information content (AvgIpc) is 2.73. The molecule has 5 heteroatoms. The third-order valence-corrected chi connectivity index (χ3v) is 2.53. The first-order chi connectivity index (χ1) is 7.25. The van der Waals surface area contributed by atoms with Crippen LogP contribution in [0.5, 0.6) is 0 Å². The van der Waals surface area contributed by atoms with E-state index in [-0.39, 0.29) is 0 Å². The van der Waals surface area contributed by atoms with Gasteiger partial charge in [0.2, 0.25) is 0 Å². The van der Waals surface area contributed by atoms with E-state index in [9.17, 15) is 0 Å². The van der Waals surface area contributed by atoms with E-state index in [1.807, 2.05) is 19.1 Å². The van der Waals surface area contributed by atoms with Crippen molar-refractivity contribution in [2.24, 2.45) is 0 Å². The number of aromatic nitrogens is 3. The molecule has 0 atom stereocenters. The van der Waals surface area contributed by atoms with Crippen molar-refractivity contribution < 1.29 is 0 Å². The fourth-order valence-corrected chi connectivity index (χ4v) is 1.40. The maximum absolute atomic E-state index is 5.93. The molecule has 0 fully saturated rings. The van der Waals surface area contributed by atoms with E-state index in [2.05, 4.69) is 21.7 Å². The predicted octanol–water partition coefficient (Wildman–Crippen LogP) is 1.98. The first-order valence-corrected chi connectivity index (χ1v) is 4.97. The first kappa shape index (κ1) is 9.98. The average molecular weight is 223 g/mol. The molecule has 0 amide bonds. The predicted molar refractivity (Wildman–Crippen MR) is 59.3 cm³/mol. The maximum Gasteiger partial charge on any atom is 0.138 e. The lowest BCUT2D eigenvalue weighted by Gasteiger charge is -2.07. The third-order valence-electron chi connectivity index (χ3n) is 2.11. The molecule has 0 aliphatic rings. The first-order valence-electron chi connectivity index (χ1n) is 4.59. The zero-order valence-corrected chi connectivity index (χ0v) is 9.07. The summed E-state index contributed by atoms with van der Waals surface area (Å²) in [6.45, 7) is 2.71. The lowest BCUT2D eigenvalue weighted by molar-refractivity contribution is 0.835. The summed E-state index contributed by atoms with van der Waals surface area (Å²) in [6.07, 6.45) is 3.23. The lowest BCUT2D eigenvalue weighted by atomic mass is 10.1. The molecule has 1 N–H and O–H groups in total. The van der Waals surface area contributed by atoms with Gasteiger partial charge >= 0.3 is 0 Å². The molecule has 0 saturated heterocycles. The third kappa shape index (κ3) is 2.47. The van der Waals surface area contributed by atoms with Crippen LogP contribution in [-0.4, -0.2) is 14.9 Å². The molecule has 4 nitrogen and oxygen atoms in total. The maximum atomic E-state index is 5.93. The van der Waals surface area contributed by atoms with Gasteiger partial charge in [0, 0.05) is 5.02 Å². The van der Waals surface area contributed by atoms with Gasteiger partial charge in [0.25, 0.3) is 0 Å². The molecule has 0 radical (unpaired) electrons. The summed E-state index contributed by atoms with van der Waals surface area (Å²) in [6, 6.07) is 5.95. The van der Waals surface area contributed by atoms with Crippen LogP contribution in [0.1, 0.15) is 11.1 Å². The summed E-state index contributed by atoms with van der Waals surface area (Å²) in [4.78, 5) is 0. The number of nitrogens with zero attached hydrogens (tertiary/aromatic N) is 3. The monoisotopic (exact) mass is 222 g/mol. The lowest BCUT2D eigenvalue weighted by Crippen LogP contribution is -2.12. The van der Waals surface area contributed by atoms with E-state index in [1.54, 1.807) is 17.3 Å². The minimum absolute atomic E-state index is 0.718. The van der Waals surface area contributed by atoms with Crippen molar-refractivity contribution in [2.75, 3.05) is 5.43 Å². The van der Waals surface area contributed by atoms with E-state index < -0.39 is 0 Å². The van der Waals surface area contributed by atoms with Crippen LogP contribution in [0.4, 0.5) is 0 Å². The summed E-state index contributed by atoms with van der Waals surface area (Å²) in [5.41, 5.74) is 5.39. The Kier molecular flexibility index (Phi) is 2.87. The zero-order valence-electron chi connectivity index (χ0n) is 8.31.